The van der Waals surface area contributed by atoms with Gasteiger partial charge in [0.1, 0.15) is 0 Å². The second kappa shape index (κ2) is 12.6. The van der Waals surface area contributed by atoms with Crippen molar-refractivity contribution < 1.29 is 27.6 Å². The Hall–Kier alpha value is -3.76. The van der Waals surface area contributed by atoms with Crippen LogP contribution in [0.5, 0.6) is 0 Å². The lowest BCUT2D eigenvalue weighted by molar-refractivity contribution is -0.137. The van der Waals surface area contributed by atoms with Gasteiger partial charge in [0.15, 0.2) is 0 Å². The van der Waals surface area contributed by atoms with Gasteiger partial charge in [0.25, 0.3) is 5.91 Å². The van der Waals surface area contributed by atoms with E-state index in [1.165, 1.54) is 12.1 Å². The quantitative estimate of drug-likeness (QED) is 0.458. The number of rotatable bonds is 7. The Balaban J connectivity index is 1.49. The largest absolute Gasteiger partial charge is 0.416 e. The van der Waals surface area contributed by atoms with Crippen molar-refractivity contribution in [2.24, 2.45) is 5.92 Å². The fraction of sp³-hybridized carbons (Fsp3) is 0.483. The molecule has 2 aromatic rings. The highest BCUT2D eigenvalue weighted by atomic mass is 19.4. The molecular weight excluding hydrogens is 523 g/mol. The minimum absolute atomic E-state index is 0.0142. The molecule has 0 spiro atoms. The SMILES string of the molecule is CCN(CC)C(=O)c1cc(NC(=O)C2CCC2)ccc1N1CCCN(C(=O)Nc2cccc(C(F)(F)F)c2)CC1. The van der Waals surface area contributed by atoms with Crippen LogP contribution >= 0.6 is 0 Å². The van der Waals surface area contributed by atoms with E-state index >= 15 is 0 Å². The molecule has 1 aliphatic carbocycles. The summed E-state index contributed by atoms with van der Waals surface area (Å²) >= 11 is 0. The molecule has 0 unspecified atom stereocenters. The molecule has 0 radical (unpaired) electrons. The van der Waals surface area contributed by atoms with Crippen molar-refractivity contribution in [1.82, 2.24) is 9.80 Å². The molecule has 40 heavy (non-hydrogen) atoms. The van der Waals surface area contributed by atoms with E-state index in [1.807, 2.05) is 24.8 Å². The van der Waals surface area contributed by atoms with Crippen molar-refractivity contribution >= 4 is 34.9 Å². The fourth-order valence-corrected chi connectivity index (χ4v) is 4.99. The Morgan fingerprint density at radius 2 is 1.62 bits per heavy atom. The summed E-state index contributed by atoms with van der Waals surface area (Å²) in [6.45, 7) is 6.65. The van der Waals surface area contributed by atoms with Crippen LogP contribution in [0.15, 0.2) is 42.5 Å². The van der Waals surface area contributed by atoms with Gasteiger partial charge in [-0.3, -0.25) is 9.59 Å². The number of hydrogen-bond donors (Lipinski definition) is 2. The number of anilines is 3. The Bertz CT molecular complexity index is 1230. The van der Waals surface area contributed by atoms with Gasteiger partial charge >= 0.3 is 12.2 Å². The highest BCUT2D eigenvalue weighted by Crippen LogP contribution is 2.32. The van der Waals surface area contributed by atoms with Gasteiger partial charge in [-0.15, -0.1) is 0 Å². The van der Waals surface area contributed by atoms with E-state index < -0.39 is 17.8 Å². The topological polar surface area (TPSA) is 85.0 Å². The van der Waals surface area contributed by atoms with Gasteiger partial charge in [-0.25, -0.2) is 4.79 Å². The molecule has 1 saturated carbocycles. The third-order valence-electron chi connectivity index (χ3n) is 7.59. The lowest BCUT2D eigenvalue weighted by Gasteiger charge is -2.29. The zero-order valence-electron chi connectivity index (χ0n) is 22.9. The minimum Gasteiger partial charge on any atom is -0.369 e. The number of alkyl halides is 3. The zero-order chi connectivity index (χ0) is 28.9. The number of amides is 4. The maximum atomic E-state index is 13.5. The number of benzene rings is 2. The van der Waals surface area contributed by atoms with Crippen LogP contribution in [0.3, 0.4) is 0 Å². The fourth-order valence-electron chi connectivity index (χ4n) is 4.99. The molecule has 1 heterocycles. The number of nitrogens with one attached hydrogen (secondary N) is 2. The van der Waals surface area contributed by atoms with Crippen molar-refractivity contribution in [3.8, 4) is 0 Å². The molecule has 0 bridgehead atoms. The second-order valence-corrected chi connectivity index (χ2v) is 10.2. The average molecular weight is 560 g/mol. The van der Waals surface area contributed by atoms with E-state index in [9.17, 15) is 27.6 Å². The summed E-state index contributed by atoms with van der Waals surface area (Å²) in [5, 5.41) is 5.53. The Morgan fingerprint density at radius 1 is 0.900 bits per heavy atom. The monoisotopic (exact) mass is 559 g/mol. The van der Waals surface area contributed by atoms with E-state index in [4.69, 9.17) is 0 Å². The first-order valence-corrected chi connectivity index (χ1v) is 13.8. The number of halogens is 3. The van der Waals surface area contributed by atoms with Crippen molar-refractivity contribution in [1.29, 1.82) is 0 Å². The number of carbonyl (C=O) groups excluding carboxylic acids is 3. The second-order valence-electron chi connectivity index (χ2n) is 10.2. The minimum atomic E-state index is -4.50. The highest BCUT2D eigenvalue weighted by Gasteiger charge is 2.31. The normalized spacial score (nSPS) is 16.1. The number of hydrogen-bond acceptors (Lipinski definition) is 4. The third-order valence-corrected chi connectivity index (χ3v) is 7.59. The molecule has 2 N–H and O–H groups in total. The average Bonchev–Trinajstić information content (AvgIpc) is 3.14. The molecule has 2 aliphatic rings. The van der Waals surface area contributed by atoms with E-state index in [0.29, 0.717) is 56.9 Å². The van der Waals surface area contributed by atoms with Crippen LogP contribution < -0.4 is 15.5 Å². The maximum Gasteiger partial charge on any atom is 0.416 e. The third kappa shape index (κ3) is 6.86. The van der Waals surface area contributed by atoms with Gasteiger partial charge in [-0.1, -0.05) is 12.5 Å². The summed E-state index contributed by atoms with van der Waals surface area (Å²) in [4.78, 5) is 44.3. The summed E-state index contributed by atoms with van der Waals surface area (Å²) in [5.41, 5.74) is 1.03. The van der Waals surface area contributed by atoms with Gasteiger partial charge in [0, 0.05) is 62.2 Å². The van der Waals surface area contributed by atoms with Gasteiger partial charge < -0.3 is 25.3 Å². The molecule has 0 atom stereocenters. The van der Waals surface area contributed by atoms with Crippen LogP contribution in [0.25, 0.3) is 0 Å². The van der Waals surface area contributed by atoms with Crippen LogP contribution in [0.4, 0.5) is 35.0 Å². The molecule has 0 aromatic heterocycles. The predicted molar refractivity (Wildman–Crippen MR) is 149 cm³/mol. The Kier molecular flexibility index (Phi) is 9.21. The van der Waals surface area contributed by atoms with Crippen LogP contribution in [0, 0.1) is 5.92 Å². The first-order valence-electron chi connectivity index (χ1n) is 13.8. The van der Waals surface area contributed by atoms with Gasteiger partial charge in [-0.05, 0) is 69.5 Å². The molecule has 8 nitrogen and oxygen atoms in total. The first kappa shape index (κ1) is 29.2. The van der Waals surface area contributed by atoms with Crippen LogP contribution in [-0.4, -0.2) is 66.9 Å². The lowest BCUT2D eigenvalue weighted by atomic mass is 9.85. The van der Waals surface area contributed by atoms with Crippen LogP contribution in [-0.2, 0) is 11.0 Å². The zero-order valence-corrected chi connectivity index (χ0v) is 22.9. The molecule has 11 heteroatoms. The highest BCUT2D eigenvalue weighted by molar-refractivity contribution is 6.02. The molecule has 4 rings (SSSR count). The molecule has 1 saturated heterocycles. The summed E-state index contributed by atoms with van der Waals surface area (Å²) < 4.78 is 39.2. The Morgan fingerprint density at radius 3 is 2.27 bits per heavy atom. The van der Waals surface area contributed by atoms with Crippen molar-refractivity contribution in [3.05, 3.63) is 53.6 Å². The summed E-state index contributed by atoms with van der Waals surface area (Å²) in [7, 11) is 0. The number of urea groups is 1. The molecular formula is C29H36F3N5O3. The van der Waals surface area contributed by atoms with Crippen LogP contribution in [0.1, 0.15) is 55.5 Å². The van der Waals surface area contributed by atoms with E-state index in [1.54, 1.807) is 21.9 Å². The number of nitrogens with zero attached hydrogens (tertiary/aromatic N) is 3. The standard InChI is InChI=1S/C29H36F3N5O3/c1-3-35(4-2)27(39)24-19-23(33-26(38)20-8-5-9-20)12-13-25(24)36-14-7-15-37(17-16-36)28(40)34-22-11-6-10-21(18-22)29(30,31)32/h6,10-13,18-20H,3-5,7-9,14-17H2,1-2H3,(H,33,38)(H,34,40). The smallest absolute Gasteiger partial charge is 0.369 e. The molecule has 2 fully saturated rings. The summed E-state index contributed by atoms with van der Waals surface area (Å²) in [6, 6.07) is 9.45. The molecule has 216 valence electrons. The van der Waals surface area contributed by atoms with Crippen LogP contribution in [0.2, 0.25) is 0 Å². The van der Waals surface area contributed by atoms with E-state index in [-0.39, 0.29) is 23.4 Å². The maximum absolute atomic E-state index is 13.5. The summed E-state index contributed by atoms with van der Waals surface area (Å²) in [6.07, 6.45) is -1.09. The van der Waals surface area contributed by atoms with Crippen molar-refractivity contribution in [2.75, 3.05) is 54.8 Å². The van der Waals surface area contributed by atoms with Crippen molar-refractivity contribution in [2.45, 2.75) is 45.7 Å². The van der Waals surface area contributed by atoms with E-state index in [2.05, 4.69) is 10.6 Å². The number of carbonyl (C=O) groups is 3. The van der Waals surface area contributed by atoms with E-state index in [0.717, 1.165) is 37.1 Å². The van der Waals surface area contributed by atoms with Gasteiger partial charge in [0.05, 0.1) is 11.1 Å². The van der Waals surface area contributed by atoms with Crippen molar-refractivity contribution in [3.63, 3.8) is 0 Å². The van der Waals surface area contributed by atoms with Gasteiger partial charge in [0.2, 0.25) is 5.91 Å². The summed E-state index contributed by atoms with van der Waals surface area (Å²) in [5.74, 6) is -0.152. The molecule has 1 aliphatic heterocycles. The first-order chi connectivity index (χ1) is 19.1. The molecule has 2 aromatic carbocycles. The lowest BCUT2D eigenvalue weighted by Crippen LogP contribution is -2.38. The van der Waals surface area contributed by atoms with Gasteiger partial charge in [-0.2, -0.15) is 13.2 Å². The molecule has 4 amide bonds. The Labute approximate surface area is 232 Å². The predicted octanol–water partition coefficient (Wildman–Crippen LogP) is 5.67.